The zero-order valence-corrected chi connectivity index (χ0v) is 14.5. The standard InChI is InChI=1S/C16H22N2O4S/c1-15(2,3)13-17-11(8-23-13)12(19)18-6-10-7-22-5-4-16(10,9-18)14(20)21/h8,10H,4-7,9H2,1-3H3,(H,20,21)/t10-,16+/m0/s1. The lowest BCUT2D eigenvalue weighted by Gasteiger charge is -2.33. The third kappa shape index (κ3) is 2.76. The average molecular weight is 338 g/mol. The van der Waals surface area contributed by atoms with Gasteiger partial charge in [-0.25, -0.2) is 4.98 Å². The number of carboxylic acids is 1. The Bertz CT molecular complexity index is 636. The third-order valence-corrected chi connectivity index (χ3v) is 6.05. The fourth-order valence-electron chi connectivity index (χ4n) is 3.33. The summed E-state index contributed by atoms with van der Waals surface area (Å²) in [5.74, 6) is -1.14. The van der Waals surface area contributed by atoms with E-state index >= 15 is 0 Å². The highest BCUT2D eigenvalue weighted by Gasteiger charge is 2.55. The maximum absolute atomic E-state index is 12.7. The molecule has 0 bridgehead atoms. The molecule has 1 amide bonds. The Morgan fingerprint density at radius 1 is 1.48 bits per heavy atom. The van der Waals surface area contributed by atoms with Gasteiger partial charge in [0.15, 0.2) is 0 Å². The molecule has 0 saturated carbocycles. The number of rotatable bonds is 2. The summed E-state index contributed by atoms with van der Waals surface area (Å²) in [7, 11) is 0. The topological polar surface area (TPSA) is 79.7 Å². The van der Waals surface area contributed by atoms with Crippen LogP contribution in [0.15, 0.2) is 5.38 Å². The predicted octanol–water partition coefficient (Wildman–Crippen LogP) is 2.00. The molecule has 6 nitrogen and oxygen atoms in total. The Labute approximate surface area is 139 Å². The monoisotopic (exact) mass is 338 g/mol. The number of carbonyl (C=O) groups excluding carboxylic acids is 1. The molecule has 1 aromatic heterocycles. The van der Waals surface area contributed by atoms with E-state index in [0.29, 0.717) is 31.9 Å². The van der Waals surface area contributed by atoms with E-state index in [0.717, 1.165) is 5.01 Å². The fourth-order valence-corrected chi connectivity index (χ4v) is 4.21. The molecule has 7 heteroatoms. The fraction of sp³-hybridized carbons (Fsp3) is 0.688. The molecule has 1 N–H and O–H groups in total. The van der Waals surface area contributed by atoms with E-state index in [-0.39, 0.29) is 23.8 Å². The molecule has 0 spiro atoms. The molecule has 3 heterocycles. The van der Waals surface area contributed by atoms with Crippen LogP contribution >= 0.6 is 11.3 Å². The second-order valence-corrected chi connectivity index (χ2v) is 8.31. The van der Waals surface area contributed by atoms with Gasteiger partial charge in [0.1, 0.15) is 5.69 Å². The zero-order chi connectivity index (χ0) is 16.8. The molecule has 2 fully saturated rings. The number of aliphatic carboxylic acids is 1. The summed E-state index contributed by atoms with van der Waals surface area (Å²) in [4.78, 5) is 30.6. The highest BCUT2D eigenvalue weighted by atomic mass is 32.1. The lowest BCUT2D eigenvalue weighted by Crippen LogP contribution is -2.45. The Balaban J connectivity index is 1.81. The Kier molecular flexibility index (Phi) is 3.96. The molecule has 3 rings (SSSR count). The van der Waals surface area contributed by atoms with Crippen molar-refractivity contribution in [3.8, 4) is 0 Å². The zero-order valence-electron chi connectivity index (χ0n) is 13.7. The van der Waals surface area contributed by atoms with Crippen LogP contribution in [0.5, 0.6) is 0 Å². The molecule has 2 atom stereocenters. The molecule has 0 aliphatic carbocycles. The van der Waals surface area contributed by atoms with Crippen LogP contribution in [0, 0.1) is 11.3 Å². The number of hydrogen-bond acceptors (Lipinski definition) is 5. The molecular formula is C16H22N2O4S. The van der Waals surface area contributed by atoms with Gasteiger partial charge in [0.2, 0.25) is 0 Å². The van der Waals surface area contributed by atoms with Crippen molar-refractivity contribution in [2.24, 2.45) is 11.3 Å². The molecule has 0 aromatic carbocycles. The number of ether oxygens (including phenoxy) is 1. The SMILES string of the molecule is CC(C)(C)c1nc(C(=O)N2C[C@H]3COCC[C@@]3(C(=O)O)C2)cs1. The van der Waals surface area contributed by atoms with E-state index in [4.69, 9.17) is 4.74 Å². The summed E-state index contributed by atoms with van der Waals surface area (Å²) in [6.07, 6.45) is 0.459. The van der Waals surface area contributed by atoms with Crippen molar-refractivity contribution in [2.45, 2.75) is 32.6 Å². The number of hydrogen-bond donors (Lipinski definition) is 1. The molecule has 0 radical (unpaired) electrons. The first-order valence-electron chi connectivity index (χ1n) is 7.80. The second kappa shape index (κ2) is 5.56. The maximum atomic E-state index is 12.7. The van der Waals surface area contributed by atoms with Gasteiger partial charge in [-0.15, -0.1) is 11.3 Å². The molecule has 1 aromatic rings. The van der Waals surface area contributed by atoms with E-state index in [9.17, 15) is 14.7 Å². The van der Waals surface area contributed by atoms with Crippen LogP contribution in [0.2, 0.25) is 0 Å². The average Bonchev–Trinajstić information content (AvgIpc) is 3.11. The van der Waals surface area contributed by atoms with Gasteiger partial charge < -0.3 is 14.7 Å². The Morgan fingerprint density at radius 2 is 2.22 bits per heavy atom. The number of nitrogens with zero attached hydrogens (tertiary/aromatic N) is 2. The van der Waals surface area contributed by atoms with Gasteiger partial charge in [-0.05, 0) is 6.42 Å². The van der Waals surface area contributed by atoms with Crippen molar-refractivity contribution in [2.75, 3.05) is 26.3 Å². The highest BCUT2D eigenvalue weighted by Crippen LogP contribution is 2.43. The number of amides is 1. The van der Waals surface area contributed by atoms with Gasteiger partial charge >= 0.3 is 5.97 Å². The van der Waals surface area contributed by atoms with E-state index in [1.165, 1.54) is 11.3 Å². The number of carbonyl (C=O) groups is 2. The van der Waals surface area contributed by atoms with Crippen LogP contribution in [-0.4, -0.2) is 53.2 Å². The van der Waals surface area contributed by atoms with Crippen LogP contribution in [0.4, 0.5) is 0 Å². The molecule has 23 heavy (non-hydrogen) atoms. The van der Waals surface area contributed by atoms with E-state index < -0.39 is 11.4 Å². The van der Waals surface area contributed by atoms with Crippen molar-refractivity contribution >= 4 is 23.2 Å². The van der Waals surface area contributed by atoms with Crippen molar-refractivity contribution in [1.29, 1.82) is 0 Å². The quantitative estimate of drug-likeness (QED) is 0.892. The van der Waals surface area contributed by atoms with Crippen LogP contribution in [-0.2, 0) is 14.9 Å². The summed E-state index contributed by atoms with van der Waals surface area (Å²) < 4.78 is 5.43. The van der Waals surface area contributed by atoms with E-state index in [1.54, 1.807) is 10.3 Å². The van der Waals surface area contributed by atoms with Crippen LogP contribution < -0.4 is 0 Å². The lowest BCUT2D eigenvalue weighted by atomic mass is 9.74. The first-order valence-corrected chi connectivity index (χ1v) is 8.68. The van der Waals surface area contributed by atoms with Crippen LogP contribution in [0.3, 0.4) is 0 Å². The van der Waals surface area contributed by atoms with Crippen molar-refractivity contribution < 1.29 is 19.4 Å². The molecule has 126 valence electrons. The van der Waals surface area contributed by atoms with Crippen molar-refractivity contribution in [3.05, 3.63) is 16.1 Å². The summed E-state index contributed by atoms with van der Waals surface area (Å²) in [5.41, 5.74) is -0.546. The minimum absolute atomic E-state index is 0.0989. The molecule has 2 saturated heterocycles. The Morgan fingerprint density at radius 3 is 2.78 bits per heavy atom. The first kappa shape index (κ1) is 16.4. The normalized spacial score (nSPS) is 27.8. The molecule has 2 aliphatic heterocycles. The predicted molar refractivity (Wildman–Crippen MR) is 85.7 cm³/mol. The summed E-state index contributed by atoms with van der Waals surface area (Å²) in [6.45, 7) is 7.69. The van der Waals surface area contributed by atoms with Crippen molar-refractivity contribution in [1.82, 2.24) is 9.88 Å². The van der Waals surface area contributed by atoms with Gasteiger partial charge in [0, 0.05) is 36.4 Å². The van der Waals surface area contributed by atoms with Gasteiger partial charge in [-0.3, -0.25) is 9.59 Å². The second-order valence-electron chi connectivity index (χ2n) is 7.46. The molecular weight excluding hydrogens is 316 g/mol. The number of thiazole rings is 1. The first-order chi connectivity index (χ1) is 10.7. The Hall–Kier alpha value is -1.47. The minimum Gasteiger partial charge on any atom is -0.481 e. The van der Waals surface area contributed by atoms with Crippen LogP contribution in [0.1, 0.15) is 42.7 Å². The van der Waals surface area contributed by atoms with Gasteiger partial charge in [0.05, 0.1) is 17.0 Å². The smallest absolute Gasteiger partial charge is 0.311 e. The third-order valence-electron chi connectivity index (χ3n) is 4.78. The number of fused-ring (bicyclic) bond motifs is 1. The highest BCUT2D eigenvalue weighted by molar-refractivity contribution is 7.10. The molecule has 0 unspecified atom stereocenters. The maximum Gasteiger partial charge on any atom is 0.311 e. The summed E-state index contributed by atoms with van der Waals surface area (Å²) >= 11 is 1.47. The van der Waals surface area contributed by atoms with E-state index in [2.05, 4.69) is 25.8 Å². The van der Waals surface area contributed by atoms with Gasteiger partial charge in [-0.2, -0.15) is 0 Å². The van der Waals surface area contributed by atoms with Crippen molar-refractivity contribution in [3.63, 3.8) is 0 Å². The van der Waals surface area contributed by atoms with Gasteiger partial charge in [0.25, 0.3) is 5.91 Å². The number of carboxylic acid groups (broad SMARTS) is 1. The van der Waals surface area contributed by atoms with E-state index in [1.807, 2.05) is 0 Å². The number of aromatic nitrogens is 1. The van der Waals surface area contributed by atoms with Crippen LogP contribution in [0.25, 0.3) is 0 Å². The van der Waals surface area contributed by atoms with Gasteiger partial charge in [-0.1, -0.05) is 20.8 Å². The lowest BCUT2D eigenvalue weighted by molar-refractivity contribution is -0.157. The largest absolute Gasteiger partial charge is 0.481 e. The summed E-state index contributed by atoms with van der Waals surface area (Å²) in [6, 6.07) is 0. The number of likely N-dealkylation sites (tertiary alicyclic amines) is 1. The molecule has 2 aliphatic rings. The minimum atomic E-state index is -0.864. The summed E-state index contributed by atoms with van der Waals surface area (Å²) in [5, 5.41) is 12.4.